The standard InChI is InChI=1S/C13H17Cl2NO2/c1-9-3-4-10(7-12(9)15)13(17)16-11(5-6-14)8-18-2/h3-4,7,11H,5-6,8H2,1-2H3,(H,16,17). The van der Waals surface area contributed by atoms with Crippen molar-refractivity contribution in [2.24, 2.45) is 0 Å². The van der Waals surface area contributed by atoms with Gasteiger partial charge in [0.2, 0.25) is 0 Å². The molecule has 1 aromatic carbocycles. The van der Waals surface area contributed by atoms with E-state index in [2.05, 4.69) is 5.32 Å². The number of carbonyl (C=O) groups excluding carboxylic acids is 1. The number of rotatable bonds is 6. The van der Waals surface area contributed by atoms with Gasteiger partial charge in [0.05, 0.1) is 12.6 Å². The number of carbonyl (C=O) groups is 1. The molecular formula is C13H17Cl2NO2. The summed E-state index contributed by atoms with van der Waals surface area (Å²) in [5.74, 6) is 0.312. The van der Waals surface area contributed by atoms with E-state index in [1.807, 2.05) is 13.0 Å². The second-order valence-corrected chi connectivity index (χ2v) is 4.85. The normalized spacial score (nSPS) is 12.2. The third-order valence-corrected chi connectivity index (χ3v) is 3.22. The van der Waals surface area contributed by atoms with E-state index in [4.69, 9.17) is 27.9 Å². The minimum Gasteiger partial charge on any atom is -0.383 e. The molecule has 1 amide bonds. The summed E-state index contributed by atoms with van der Waals surface area (Å²) in [6.45, 7) is 2.34. The van der Waals surface area contributed by atoms with E-state index in [-0.39, 0.29) is 11.9 Å². The van der Waals surface area contributed by atoms with Crippen molar-refractivity contribution in [3.05, 3.63) is 34.3 Å². The number of nitrogens with one attached hydrogen (secondary N) is 1. The van der Waals surface area contributed by atoms with Crippen LogP contribution in [0.4, 0.5) is 0 Å². The van der Waals surface area contributed by atoms with Gasteiger partial charge in [-0.05, 0) is 31.0 Å². The number of alkyl halides is 1. The van der Waals surface area contributed by atoms with E-state index in [1.54, 1.807) is 19.2 Å². The first-order valence-corrected chi connectivity index (χ1v) is 6.61. The highest BCUT2D eigenvalue weighted by atomic mass is 35.5. The molecule has 1 rings (SSSR count). The Hall–Kier alpha value is -0.770. The summed E-state index contributed by atoms with van der Waals surface area (Å²) in [6, 6.07) is 5.15. The first-order valence-electron chi connectivity index (χ1n) is 5.70. The van der Waals surface area contributed by atoms with Gasteiger partial charge in [0, 0.05) is 23.6 Å². The van der Waals surface area contributed by atoms with Crippen molar-refractivity contribution in [2.45, 2.75) is 19.4 Å². The zero-order valence-electron chi connectivity index (χ0n) is 10.5. The molecule has 0 heterocycles. The number of hydrogen-bond acceptors (Lipinski definition) is 2. The van der Waals surface area contributed by atoms with Gasteiger partial charge in [-0.15, -0.1) is 11.6 Å². The highest BCUT2D eigenvalue weighted by Crippen LogP contribution is 2.16. The summed E-state index contributed by atoms with van der Waals surface area (Å²) in [6.07, 6.45) is 0.667. The predicted molar refractivity (Wildman–Crippen MR) is 74.7 cm³/mol. The highest BCUT2D eigenvalue weighted by Gasteiger charge is 2.13. The molecule has 3 nitrogen and oxygen atoms in total. The van der Waals surface area contributed by atoms with Gasteiger partial charge in [0.15, 0.2) is 0 Å². The van der Waals surface area contributed by atoms with Crippen LogP contribution >= 0.6 is 23.2 Å². The molecule has 18 heavy (non-hydrogen) atoms. The van der Waals surface area contributed by atoms with Crippen LogP contribution in [0.5, 0.6) is 0 Å². The third kappa shape index (κ3) is 4.48. The van der Waals surface area contributed by atoms with Crippen LogP contribution in [0.2, 0.25) is 5.02 Å². The Morgan fingerprint density at radius 1 is 1.50 bits per heavy atom. The van der Waals surface area contributed by atoms with Gasteiger partial charge in [-0.25, -0.2) is 0 Å². The average Bonchev–Trinajstić information content (AvgIpc) is 2.33. The van der Waals surface area contributed by atoms with E-state index in [1.165, 1.54) is 0 Å². The lowest BCUT2D eigenvalue weighted by molar-refractivity contribution is 0.0895. The summed E-state index contributed by atoms with van der Waals surface area (Å²) in [4.78, 5) is 12.0. The summed E-state index contributed by atoms with van der Waals surface area (Å²) >= 11 is 11.7. The monoisotopic (exact) mass is 289 g/mol. The number of amides is 1. The van der Waals surface area contributed by atoms with Gasteiger partial charge >= 0.3 is 0 Å². The molecule has 0 saturated heterocycles. The summed E-state index contributed by atoms with van der Waals surface area (Å²) in [5.41, 5.74) is 1.49. The van der Waals surface area contributed by atoms with Crippen molar-refractivity contribution < 1.29 is 9.53 Å². The van der Waals surface area contributed by atoms with Gasteiger partial charge in [0.1, 0.15) is 0 Å². The smallest absolute Gasteiger partial charge is 0.251 e. The number of hydrogen-bond donors (Lipinski definition) is 1. The topological polar surface area (TPSA) is 38.3 Å². The van der Waals surface area contributed by atoms with Crippen molar-refractivity contribution in [2.75, 3.05) is 19.6 Å². The zero-order chi connectivity index (χ0) is 13.5. The fourth-order valence-corrected chi connectivity index (χ4v) is 1.98. The average molecular weight is 290 g/mol. The largest absolute Gasteiger partial charge is 0.383 e. The molecule has 0 fully saturated rings. The molecule has 0 saturated carbocycles. The molecule has 0 aromatic heterocycles. The maximum absolute atomic E-state index is 12.0. The Morgan fingerprint density at radius 3 is 2.78 bits per heavy atom. The molecule has 0 bridgehead atoms. The molecule has 5 heteroatoms. The van der Waals surface area contributed by atoms with Crippen LogP contribution < -0.4 is 5.32 Å². The van der Waals surface area contributed by atoms with Gasteiger partial charge in [-0.1, -0.05) is 17.7 Å². The molecule has 1 N–H and O–H groups in total. The Kier molecular flexibility index (Phi) is 6.47. The maximum Gasteiger partial charge on any atom is 0.251 e. The van der Waals surface area contributed by atoms with E-state index in [0.29, 0.717) is 29.5 Å². The SMILES string of the molecule is COCC(CCCl)NC(=O)c1ccc(C)c(Cl)c1. The molecule has 0 radical (unpaired) electrons. The van der Waals surface area contributed by atoms with Gasteiger partial charge < -0.3 is 10.1 Å². The summed E-state index contributed by atoms with van der Waals surface area (Å²) in [7, 11) is 1.59. The first kappa shape index (κ1) is 15.3. The lowest BCUT2D eigenvalue weighted by Crippen LogP contribution is -2.38. The first-order chi connectivity index (χ1) is 8.58. The molecule has 1 atom stereocenters. The Labute approximate surface area is 117 Å². The van der Waals surface area contributed by atoms with Crippen LogP contribution in [-0.4, -0.2) is 31.5 Å². The number of benzene rings is 1. The lowest BCUT2D eigenvalue weighted by atomic mass is 10.1. The van der Waals surface area contributed by atoms with Crippen molar-refractivity contribution >= 4 is 29.1 Å². The van der Waals surface area contributed by atoms with Crippen LogP contribution in [0.3, 0.4) is 0 Å². The number of ether oxygens (including phenoxy) is 1. The van der Waals surface area contributed by atoms with E-state index < -0.39 is 0 Å². The molecule has 0 aliphatic rings. The molecule has 0 aliphatic heterocycles. The molecule has 100 valence electrons. The molecule has 0 aliphatic carbocycles. The Balaban J connectivity index is 2.70. The van der Waals surface area contributed by atoms with E-state index in [9.17, 15) is 4.79 Å². The quantitative estimate of drug-likeness (QED) is 0.818. The van der Waals surface area contributed by atoms with E-state index in [0.717, 1.165) is 5.56 Å². The third-order valence-electron chi connectivity index (χ3n) is 2.59. The van der Waals surface area contributed by atoms with Crippen molar-refractivity contribution in [1.29, 1.82) is 0 Å². The number of methoxy groups -OCH3 is 1. The number of aryl methyl sites for hydroxylation is 1. The summed E-state index contributed by atoms with van der Waals surface area (Å²) < 4.78 is 5.04. The maximum atomic E-state index is 12.0. The fraction of sp³-hybridized carbons (Fsp3) is 0.462. The molecular weight excluding hydrogens is 273 g/mol. The number of halogens is 2. The summed E-state index contributed by atoms with van der Waals surface area (Å²) in [5, 5.41) is 3.46. The molecule has 1 unspecified atom stereocenters. The van der Waals surface area contributed by atoms with Crippen LogP contribution in [-0.2, 0) is 4.74 Å². The predicted octanol–water partition coefficient (Wildman–Crippen LogP) is 3.02. The molecule has 0 spiro atoms. The Bertz CT molecular complexity index is 404. The second kappa shape index (κ2) is 7.62. The van der Waals surface area contributed by atoms with Crippen molar-refractivity contribution in [3.8, 4) is 0 Å². The van der Waals surface area contributed by atoms with E-state index >= 15 is 0 Å². The lowest BCUT2D eigenvalue weighted by Gasteiger charge is -2.17. The van der Waals surface area contributed by atoms with Crippen LogP contribution in [0, 0.1) is 6.92 Å². The van der Waals surface area contributed by atoms with Crippen LogP contribution in [0.1, 0.15) is 22.3 Å². The van der Waals surface area contributed by atoms with Crippen LogP contribution in [0.15, 0.2) is 18.2 Å². The minimum absolute atomic E-state index is 0.0833. The molecule has 1 aromatic rings. The zero-order valence-corrected chi connectivity index (χ0v) is 12.0. The second-order valence-electron chi connectivity index (χ2n) is 4.07. The Morgan fingerprint density at radius 2 is 2.22 bits per heavy atom. The highest BCUT2D eigenvalue weighted by molar-refractivity contribution is 6.31. The van der Waals surface area contributed by atoms with Crippen molar-refractivity contribution in [3.63, 3.8) is 0 Å². The van der Waals surface area contributed by atoms with Crippen LogP contribution in [0.25, 0.3) is 0 Å². The van der Waals surface area contributed by atoms with Gasteiger partial charge in [0.25, 0.3) is 5.91 Å². The van der Waals surface area contributed by atoms with Gasteiger partial charge in [-0.2, -0.15) is 0 Å². The minimum atomic E-state index is -0.163. The fourth-order valence-electron chi connectivity index (χ4n) is 1.53. The van der Waals surface area contributed by atoms with Gasteiger partial charge in [-0.3, -0.25) is 4.79 Å². The van der Waals surface area contributed by atoms with Crippen molar-refractivity contribution in [1.82, 2.24) is 5.32 Å².